The molecule has 0 radical (unpaired) electrons. The Kier molecular flexibility index (Phi) is 2.78. The van der Waals surface area contributed by atoms with Crippen LogP contribution in [0.5, 0.6) is 0 Å². The largest absolute Gasteiger partial charge is 0.425 e. The number of anilines is 1. The normalized spacial score (nSPS) is 16.7. The molecule has 3 rings (SSSR count). The van der Waals surface area contributed by atoms with Gasteiger partial charge in [-0.05, 0) is 37.0 Å². The molecule has 0 spiro atoms. The average molecular weight is 243 g/mol. The molecule has 4 heteroatoms. The van der Waals surface area contributed by atoms with Crippen molar-refractivity contribution in [2.75, 3.05) is 5.73 Å². The Morgan fingerprint density at radius 1 is 1.28 bits per heavy atom. The predicted octanol–water partition coefficient (Wildman–Crippen LogP) is 2.88. The van der Waals surface area contributed by atoms with Gasteiger partial charge >= 0.3 is 0 Å². The molecule has 18 heavy (non-hydrogen) atoms. The first-order valence-corrected chi connectivity index (χ1v) is 6.40. The first-order chi connectivity index (χ1) is 8.72. The van der Waals surface area contributed by atoms with Gasteiger partial charge in [0.1, 0.15) is 0 Å². The van der Waals surface area contributed by atoms with Crippen LogP contribution in [-0.4, -0.2) is 10.2 Å². The molecule has 1 aromatic carbocycles. The van der Waals surface area contributed by atoms with Crippen molar-refractivity contribution >= 4 is 5.69 Å². The topological polar surface area (TPSA) is 64.9 Å². The lowest BCUT2D eigenvalue weighted by atomic mass is 10.0. The SMILES string of the molecule is CC(Cc1ccc(N)cc1)c1nnc(C2CC2)o1. The molecule has 1 fully saturated rings. The van der Waals surface area contributed by atoms with Crippen LogP contribution in [0.1, 0.15) is 48.9 Å². The number of hydrogen-bond donors (Lipinski definition) is 1. The maximum absolute atomic E-state index is 5.72. The number of benzene rings is 1. The summed E-state index contributed by atoms with van der Waals surface area (Å²) in [7, 11) is 0. The van der Waals surface area contributed by atoms with E-state index in [0.29, 0.717) is 5.92 Å². The molecule has 1 aliphatic rings. The summed E-state index contributed by atoms with van der Waals surface area (Å²) in [4.78, 5) is 0. The molecule has 0 saturated heterocycles. The minimum Gasteiger partial charge on any atom is -0.425 e. The number of nitrogen functional groups attached to an aromatic ring is 1. The third-order valence-electron chi connectivity index (χ3n) is 3.33. The second-order valence-electron chi connectivity index (χ2n) is 5.10. The number of nitrogens with two attached hydrogens (primary N) is 1. The van der Waals surface area contributed by atoms with Gasteiger partial charge in [0.15, 0.2) is 0 Å². The molecule has 1 aliphatic carbocycles. The van der Waals surface area contributed by atoms with E-state index in [9.17, 15) is 0 Å². The molecule has 1 saturated carbocycles. The second-order valence-corrected chi connectivity index (χ2v) is 5.10. The fourth-order valence-corrected chi connectivity index (χ4v) is 2.04. The van der Waals surface area contributed by atoms with E-state index in [1.54, 1.807) is 0 Å². The van der Waals surface area contributed by atoms with Crippen LogP contribution in [0.15, 0.2) is 28.7 Å². The molecule has 4 nitrogen and oxygen atoms in total. The zero-order chi connectivity index (χ0) is 12.5. The Hall–Kier alpha value is -1.84. The van der Waals surface area contributed by atoms with Crippen molar-refractivity contribution in [1.82, 2.24) is 10.2 Å². The van der Waals surface area contributed by atoms with Gasteiger partial charge in [0, 0.05) is 17.5 Å². The summed E-state index contributed by atoms with van der Waals surface area (Å²) < 4.78 is 5.72. The fourth-order valence-electron chi connectivity index (χ4n) is 2.04. The maximum Gasteiger partial charge on any atom is 0.219 e. The Morgan fingerprint density at radius 2 is 2.00 bits per heavy atom. The summed E-state index contributed by atoms with van der Waals surface area (Å²) >= 11 is 0. The van der Waals surface area contributed by atoms with E-state index in [2.05, 4.69) is 17.1 Å². The van der Waals surface area contributed by atoms with Gasteiger partial charge in [-0.2, -0.15) is 0 Å². The highest BCUT2D eigenvalue weighted by Gasteiger charge is 2.30. The molecule has 2 aromatic rings. The van der Waals surface area contributed by atoms with Crippen LogP contribution in [0.2, 0.25) is 0 Å². The van der Waals surface area contributed by atoms with Crippen molar-refractivity contribution in [3.05, 3.63) is 41.6 Å². The lowest BCUT2D eigenvalue weighted by molar-refractivity contribution is 0.423. The summed E-state index contributed by atoms with van der Waals surface area (Å²) in [6.07, 6.45) is 3.27. The van der Waals surface area contributed by atoms with E-state index in [-0.39, 0.29) is 5.92 Å². The summed E-state index contributed by atoms with van der Waals surface area (Å²) in [5.74, 6) is 2.33. The third kappa shape index (κ3) is 2.37. The van der Waals surface area contributed by atoms with Gasteiger partial charge in [-0.3, -0.25) is 0 Å². The Labute approximate surface area is 106 Å². The monoisotopic (exact) mass is 243 g/mol. The van der Waals surface area contributed by atoms with Crippen LogP contribution in [0, 0.1) is 0 Å². The molecular formula is C14H17N3O. The number of rotatable bonds is 4. The summed E-state index contributed by atoms with van der Waals surface area (Å²) in [6.45, 7) is 2.11. The van der Waals surface area contributed by atoms with Crippen LogP contribution < -0.4 is 5.73 Å². The van der Waals surface area contributed by atoms with Crippen molar-refractivity contribution in [2.45, 2.75) is 38.0 Å². The van der Waals surface area contributed by atoms with Crippen LogP contribution in [0.4, 0.5) is 5.69 Å². The van der Waals surface area contributed by atoms with E-state index >= 15 is 0 Å². The van der Waals surface area contributed by atoms with E-state index < -0.39 is 0 Å². The highest BCUT2D eigenvalue weighted by Crippen LogP contribution is 2.39. The minimum absolute atomic E-state index is 0.244. The standard InChI is InChI=1S/C14H17N3O/c1-9(8-10-2-6-12(15)7-3-10)13-16-17-14(18-13)11-4-5-11/h2-3,6-7,9,11H,4-5,8,15H2,1H3. The van der Waals surface area contributed by atoms with E-state index in [4.69, 9.17) is 10.2 Å². The third-order valence-corrected chi connectivity index (χ3v) is 3.33. The smallest absolute Gasteiger partial charge is 0.219 e. The van der Waals surface area contributed by atoms with Gasteiger partial charge < -0.3 is 10.2 Å². The van der Waals surface area contributed by atoms with E-state index in [1.165, 1.54) is 18.4 Å². The lowest BCUT2D eigenvalue weighted by Gasteiger charge is -2.06. The number of aromatic nitrogens is 2. The van der Waals surface area contributed by atoms with Gasteiger partial charge in [0.2, 0.25) is 11.8 Å². The summed E-state index contributed by atoms with van der Waals surface area (Å²) in [5.41, 5.74) is 7.70. The van der Waals surface area contributed by atoms with Crippen molar-refractivity contribution < 1.29 is 4.42 Å². The fraction of sp³-hybridized carbons (Fsp3) is 0.429. The van der Waals surface area contributed by atoms with Gasteiger partial charge in [-0.1, -0.05) is 19.1 Å². The minimum atomic E-state index is 0.244. The molecule has 1 aromatic heterocycles. The highest BCUT2D eigenvalue weighted by atomic mass is 16.4. The Morgan fingerprint density at radius 3 is 2.67 bits per heavy atom. The van der Waals surface area contributed by atoms with Crippen LogP contribution in [0.3, 0.4) is 0 Å². The Bertz CT molecular complexity index is 528. The summed E-state index contributed by atoms with van der Waals surface area (Å²) in [6, 6.07) is 7.94. The molecular weight excluding hydrogens is 226 g/mol. The van der Waals surface area contributed by atoms with Gasteiger partial charge in [-0.25, -0.2) is 0 Å². The first kappa shape index (κ1) is 11.3. The molecule has 0 bridgehead atoms. The molecule has 2 N–H and O–H groups in total. The quantitative estimate of drug-likeness (QED) is 0.838. The lowest BCUT2D eigenvalue weighted by Crippen LogP contribution is -1.99. The van der Waals surface area contributed by atoms with Crippen molar-refractivity contribution in [3.8, 4) is 0 Å². The first-order valence-electron chi connectivity index (χ1n) is 6.40. The predicted molar refractivity (Wildman–Crippen MR) is 69.2 cm³/mol. The van der Waals surface area contributed by atoms with Crippen molar-refractivity contribution in [2.24, 2.45) is 0 Å². The van der Waals surface area contributed by atoms with Gasteiger partial charge in [0.25, 0.3) is 0 Å². The molecule has 1 heterocycles. The van der Waals surface area contributed by atoms with Crippen LogP contribution in [-0.2, 0) is 6.42 Å². The number of hydrogen-bond acceptors (Lipinski definition) is 4. The molecule has 94 valence electrons. The zero-order valence-corrected chi connectivity index (χ0v) is 10.5. The summed E-state index contributed by atoms with van der Waals surface area (Å²) in [5, 5.41) is 8.27. The molecule has 1 atom stereocenters. The van der Waals surface area contributed by atoms with Crippen molar-refractivity contribution in [1.29, 1.82) is 0 Å². The molecule has 0 amide bonds. The number of nitrogens with zero attached hydrogens (tertiary/aromatic N) is 2. The molecule has 1 unspecified atom stereocenters. The van der Waals surface area contributed by atoms with Gasteiger partial charge in [-0.15, -0.1) is 10.2 Å². The average Bonchev–Trinajstić information content (AvgIpc) is 3.10. The van der Waals surface area contributed by atoms with Crippen LogP contribution in [0.25, 0.3) is 0 Å². The highest BCUT2D eigenvalue weighted by molar-refractivity contribution is 5.39. The zero-order valence-electron chi connectivity index (χ0n) is 10.5. The van der Waals surface area contributed by atoms with Crippen molar-refractivity contribution in [3.63, 3.8) is 0 Å². The Balaban J connectivity index is 1.69. The molecule has 0 aliphatic heterocycles. The maximum atomic E-state index is 5.72. The van der Waals surface area contributed by atoms with E-state index in [0.717, 1.165) is 23.9 Å². The van der Waals surface area contributed by atoms with E-state index in [1.807, 2.05) is 24.3 Å². The van der Waals surface area contributed by atoms with Gasteiger partial charge in [0.05, 0.1) is 0 Å². The van der Waals surface area contributed by atoms with Crippen LogP contribution >= 0.6 is 0 Å². The second kappa shape index (κ2) is 4.44.